The van der Waals surface area contributed by atoms with Crippen molar-refractivity contribution >= 4 is 30.8 Å². The summed E-state index contributed by atoms with van der Waals surface area (Å²) in [6.45, 7) is 0. The van der Waals surface area contributed by atoms with Crippen molar-refractivity contribution in [3.05, 3.63) is 12.2 Å². The second-order valence-corrected chi connectivity index (χ2v) is 1.01. The Morgan fingerprint density at radius 3 is 1.33 bits per heavy atom. The van der Waals surface area contributed by atoms with Crippen molar-refractivity contribution in [2.24, 2.45) is 0 Å². The van der Waals surface area contributed by atoms with Crippen molar-refractivity contribution in [3.8, 4) is 0 Å². The van der Waals surface area contributed by atoms with Crippen LogP contribution in [0.1, 0.15) is 0 Å². The van der Waals surface area contributed by atoms with E-state index in [0.29, 0.717) is 12.2 Å². The molecule has 0 spiro atoms. The van der Waals surface area contributed by atoms with Gasteiger partial charge in [0.1, 0.15) is 0 Å². The van der Waals surface area contributed by atoms with Gasteiger partial charge in [0.2, 0.25) is 0 Å². The van der Waals surface area contributed by atoms with Gasteiger partial charge in [-0.2, -0.15) is 0 Å². The number of carboxylic acids is 2. The minimum atomic E-state index is -1.26. The molecule has 0 aliphatic carbocycles. The predicted octanol–water partition coefficient (Wildman–Crippen LogP) is -0.669. The Bertz CT molecular complexity index is 124. The van der Waals surface area contributed by atoms with Crippen LogP contribution in [0.3, 0.4) is 0 Å². The Kier molecular flexibility index (Phi) is 6.69. The largest absolute Gasteiger partial charge is 0.478 e. The molecule has 0 fully saturated rings. The Morgan fingerprint density at radius 2 is 1.22 bits per heavy atom. The minimum absolute atomic E-state index is 0. The number of hydrogen-bond acceptors (Lipinski definition) is 2. The summed E-state index contributed by atoms with van der Waals surface area (Å²) in [5, 5.41) is 15.6. The first kappa shape index (κ1) is 11.1. The molecular weight excluding hydrogens is 119 g/mol. The average molecular weight is 123 g/mol. The fraction of sp³-hybridized carbons (Fsp3) is 0. The predicted molar refractivity (Wildman–Crippen MR) is 30.2 cm³/mol. The van der Waals surface area contributed by atoms with Crippen LogP contribution in [0.15, 0.2) is 12.2 Å². The maximum atomic E-state index is 9.55. The quantitative estimate of drug-likeness (QED) is 0.377. The molecule has 0 aromatic carbocycles. The van der Waals surface area contributed by atoms with Crippen molar-refractivity contribution in [2.75, 3.05) is 0 Å². The van der Waals surface area contributed by atoms with E-state index in [-0.39, 0.29) is 18.9 Å². The van der Waals surface area contributed by atoms with Gasteiger partial charge in [0, 0.05) is 31.0 Å². The second-order valence-electron chi connectivity index (χ2n) is 1.01. The van der Waals surface area contributed by atoms with Gasteiger partial charge < -0.3 is 10.2 Å². The molecule has 5 heteroatoms. The number of rotatable bonds is 2. The third-order valence-corrected chi connectivity index (χ3v) is 0.368. The normalized spacial score (nSPS) is 8.44. The van der Waals surface area contributed by atoms with Gasteiger partial charge >= 0.3 is 11.9 Å². The molecule has 2 N–H and O–H groups in total. The zero-order valence-corrected chi connectivity index (χ0v) is 4.87. The molecule has 1 radical (unpaired) electrons. The Hall–Kier alpha value is -0.723. The van der Waals surface area contributed by atoms with Gasteiger partial charge in [0.15, 0.2) is 0 Å². The molecule has 4 nitrogen and oxygen atoms in total. The SMILES string of the molecule is O=C(O)/C=C\C(=O)O.[Li]. The molecule has 0 atom stereocenters. The summed E-state index contributed by atoms with van der Waals surface area (Å²) in [6, 6.07) is 0. The molecule has 9 heavy (non-hydrogen) atoms. The Morgan fingerprint density at radius 1 is 1.00 bits per heavy atom. The summed E-state index contributed by atoms with van der Waals surface area (Å²) in [5.74, 6) is -2.51. The fourth-order valence-electron chi connectivity index (χ4n) is 0.143. The van der Waals surface area contributed by atoms with Crippen LogP contribution < -0.4 is 0 Å². The van der Waals surface area contributed by atoms with E-state index in [1.807, 2.05) is 0 Å². The van der Waals surface area contributed by atoms with Crippen molar-refractivity contribution in [3.63, 3.8) is 0 Å². The van der Waals surface area contributed by atoms with Crippen LogP contribution in [-0.2, 0) is 9.59 Å². The van der Waals surface area contributed by atoms with E-state index < -0.39 is 11.9 Å². The zero-order valence-electron chi connectivity index (χ0n) is 4.87. The van der Waals surface area contributed by atoms with Crippen LogP contribution in [0.5, 0.6) is 0 Å². The minimum Gasteiger partial charge on any atom is -0.478 e. The molecular formula is C4H4LiO4. The first-order chi connectivity index (χ1) is 3.63. The summed E-state index contributed by atoms with van der Waals surface area (Å²) in [7, 11) is 0. The van der Waals surface area contributed by atoms with Crippen molar-refractivity contribution in [1.82, 2.24) is 0 Å². The summed E-state index contributed by atoms with van der Waals surface area (Å²) in [6.07, 6.45) is 1.12. The summed E-state index contributed by atoms with van der Waals surface area (Å²) >= 11 is 0. The monoisotopic (exact) mass is 123 g/mol. The number of carbonyl (C=O) groups is 2. The number of carboxylic acid groups (broad SMARTS) is 2. The van der Waals surface area contributed by atoms with Crippen molar-refractivity contribution in [1.29, 1.82) is 0 Å². The molecule has 0 saturated carbocycles. The molecule has 0 aromatic rings. The van der Waals surface area contributed by atoms with Crippen LogP contribution >= 0.6 is 0 Å². The van der Waals surface area contributed by atoms with Gasteiger partial charge in [-0.15, -0.1) is 0 Å². The van der Waals surface area contributed by atoms with E-state index in [4.69, 9.17) is 10.2 Å². The average Bonchev–Trinajstić information content (AvgIpc) is 1.61. The molecule has 45 valence electrons. The van der Waals surface area contributed by atoms with Gasteiger partial charge in [-0.1, -0.05) is 0 Å². The van der Waals surface area contributed by atoms with E-state index in [1.54, 1.807) is 0 Å². The van der Waals surface area contributed by atoms with Crippen LogP contribution in [0.2, 0.25) is 0 Å². The molecule has 0 aliphatic rings. The molecule has 0 aliphatic heterocycles. The Labute approximate surface area is 63.4 Å². The Balaban J connectivity index is 0. The molecule has 0 rings (SSSR count). The van der Waals surface area contributed by atoms with Crippen LogP contribution in [0.25, 0.3) is 0 Å². The molecule has 0 bridgehead atoms. The molecule has 0 saturated heterocycles. The van der Waals surface area contributed by atoms with E-state index in [1.165, 1.54) is 0 Å². The summed E-state index contributed by atoms with van der Waals surface area (Å²) in [5.41, 5.74) is 0. The van der Waals surface area contributed by atoms with Gasteiger partial charge in [0.05, 0.1) is 0 Å². The summed E-state index contributed by atoms with van der Waals surface area (Å²) in [4.78, 5) is 19.1. The van der Waals surface area contributed by atoms with Gasteiger partial charge in [-0.3, -0.25) is 0 Å². The molecule has 0 amide bonds. The first-order valence-corrected chi connectivity index (χ1v) is 1.77. The fourth-order valence-corrected chi connectivity index (χ4v) is 0.143. The van der Waals surface area contributed by atoms with Gasteiger partial charge in [0.25, 0.3) is 0 Å². The van der Waals surface area contributed by atoms with E-state index >= 15 is 0 Å². The van der Waals surface area contributed by atoms with Crippen molar-refractivity contribution in [2.45, 2.75) is 0 Å². The number of hydrogen-bond donors (Lipinski definition) is 2. The van der Waals surface area contributed by atoms with E-state index in [9.17, 15) is 9.59 Å². The van der Waals surface area contributed by atoms with Crippen LogP contribution in [-0.4, -0.2) is 41.0 Å². The second kappa shape index (κ2) is 5.41. The van der Waals surface area contributed by atoms with Gasteiger partial charge in [-0.25, -0.2) is 9.59 Å². The summed E-state index contributed by atoms with van der Waals surface area (Å²) < 4.78 is 0. The van der Waals surface area contributed by atoms with E-state index in [2.05, 4.69) is 0 Å². The van der Waals surface area contributed by atoms with Crippen LogP contribution in [0.4, 0.5) is 0 Å². The molecule has 0 unspecified atom stereocenters. The third kappa shape index (κ3) is 11.1. The maximum absolute atomic E-state index is 9.55. The smallest absolute Gasteiger partial charge is 0.328 e. The third-order valence-electron chi connectivity index (χ3n) is 0.368. The number of aliphatic carboxylic acids is 2. The topological polar surface area (TPSA) is 74.6 Å². The molecule has 0 aromatic heterocycles. The standard InChI is InChI=1S/C4H4O4.Li/c5-3(6)1-2-4(7)8;/h1-2H,(H,5,6)(H,7,8);/b2-1-;. The molecule has 0 heterocycles. The maximum Gasteiger partial charge on any atom is 0.328 e. The van der Waals surface area contributed by atoms with Crippen LogP contribution in [0, 0.1) is 0 Å². The van der Waals surface area contributed by atoms with Crippen molar-refractivity contribution < 1.29 is 19.8 Å². The van der Waals surface area contributed by atoms with E-state index in [0.717, 1.165) is 0 Å². The van der Waals surface area contributed by atoms with Gasteiger partial charge in [-0.05, 0) is 0 Å². The first-order valence-electron chi connectivity index (χ1n) is 1.77. The zero-order chi connectivity index (χ0) is 6.57.